The van der Waals surface area contributed by atoms with Gasteiger partial charge in [0.1, 0.15) is 0 Å². The number of hydrogen-bond acceptors (Lipinski definition) is 5. The molecular formula is C26H44N4S2. The highest BCUT2D eigenvalue weighted by molar-refractivity contribution is 8.77. The summed E-state index contributed by atoms with van der Waals surface area (Å²) in [6, 6.07) is 8.83. The average Bonchev–Trinajstić information content (AvgIpc) is 3.12. The minimum absolute atomic E-state index is 0.174. The van der Waals surface area contributed by atoms with Crippen molar-refractivity contribution in [2.24, 2.45) is 5.41 Å². The molecule has 32 heavy (non-hydrogen) atoms. The highest BCUT2D eigenvalue weighted by atomic mass is 33.1. The first-order valence-corrected chi connectivity index (χ1v) is 14.4. The van der Waals surface area contributed by atoms with Crippen LogP contribution in [-0.2, 0) is 6.54 Å². The van der Waals surface area contributed by atoms with E-state index in [9.17, 15) is 0 Å². The predicted octanol–water partition coefficient (Wildman–Crippen LogP) is 8.33. The predicted molar refractivity (Wildman–Crippen MR) is 145 cm³/mol. The molecule has 0 aliphatic carbocycles. The molecule has 2 rings (SSSR count). The summed E-state index contributed by atoms with van der Waals surface area (Å²) in [6.45, 7) is 21.3. The third-order valence-corrected chi connectivity index (χ3v) is 8.68. The lowest BCUT2D eigenvalue weighted by molar-refractivity contribution is 0.340. The first-order valence-electron chi connectivity index (χ1n) is 12.2. The molecule has 0 saturated heterocycles. The first kappa shape index (κ1) is 27.1. The van der Waals surface area contributed by atoms with Gasteiger partial charge < -0.3 is 9.47 Å². The van der Waals surface area contributed by atoms with E-state index in [4.69, 9.17) is 0 Å². The molecule has 1 aromatic carbocycles. The van der Waals surface area contributed by atoms with Gasteiger partial charge in [-0.15, -0.1) is 10.2 Å². The summed E-state index contributed by atoms with van der Waals surface area (Å²) in [5.41, 5.74) is 2.72. The van der Waals surface area contributed by atoms with Crippen LogP contribution in [-0.4, -0.2) is 32.6 Å². The smallest absolute Gasteiger partial charge is 0.202 e. The summed E-state index contributed by atoms with van der Waals surface area (Å²) in [5, 5.41) is 10.3. The van der Waals surface area contributed by atoms with Gasteiger partial charge in [-0.3, -0.25) is 0 Å². The molecular weight excluding hydrogens is 432 g/mol. The quantitative estimate of drug-likeness (QED) is 0.214. The summed E-state index contributed by atoms with van der Waals surface area (Å²) in [4.78, 5) is 2.37. The maximum Gasteiger partial charge on any atom is 0.202 e. The standard InChI is InChI=1S/C26H44N4S2/c1-9-12-13-14-19-30-23(21-15-17-22(18-16-21)29(10-2)11-3)27-28-24(30)31-32-26(7,8)20-25(4,5)6/h15-18H,9-14,19-20H2,1-8H3. The Balaban J connectivity index is 2.24. The number of hydrogen-bond donors (Lipinski definition) is 0. The van der Waals surface area contributed by atoms with E-state index in [-0.39, 0.29) is 4.75 Å². The average molecular weight is 477 g/mol. The maximum absolute atomic E-state index is 4.64. The van der Waals surface area contributed by atoms with Crippen LogP contribution in [0, 0.1) is 5.41 Å². The summed E-state index contributed by atoms with van der Waals surface area (Å²) in [6.07, 6.45) is 6.11. The van der Waals surface area contributed by atoms with Gasteiger partial charge in [0.25, 0.3) is 0 Å². The van der Waals surface area contributed by atoms with E-state index in [1.54, 1.807) is 10.8 Å². The minimum atomic E-state index is 0.174. The van der Waals surface area contributed by atoms with Crippen LogP contribution in [0.5, 0.6) is 0 Å². The van der Waals surface area contributed by atoms with Crippen molar-refractivity contribution in [3.8, 4) is 11.4 Å². The minimum Gasteiger partial charge on any atom is -0.372 e. The lowest BCUT2D eigenvalue weighted by atomic mass is 9.86. The van der Waals surface area contributed by atoms with Crippen molar-refractivity contribution in [1.82, 2.24) is 14.8 Å². The Labute approximate surface area is 204 Å². The van der Waals surface area contributed by atoms with Gasteiger partial charge in [-0.25, -0.2) is 0 Å². The van der Waals surface area contributed by atoms with Crippen molar-refractivity contribution in [2.75, 3.05) is 18.0 Å². The molecule has 180 valence electrons. The third-order valence-electron chi connectivity index (χ3n) is 5.50. The van der Waals surface area contributed by atoms with Crippen molar-refractivity contribution in [2.45, 2.75) is 104 Å². The first-order chi connectivity index (χ1) is 15.1. The maximum atomic E-state index is 4.64. The highest BCUT2D eigenvalue weighted by Crippen LogP contribution is 2.46. The molecule has 0 saturated carbocycles. The summed E-state index contributed by atoms with van der Waals surface area (Å²) >= 11 is 0. The van der Waals surface area contributed by atoms with Crippen LogP contribution in [0.15, 0.2) is 29.4 Å². The van der Waals surface area contributed by atoms with E-state index in [0.29, 0.717) is 5.41 Å². The van der Waals surface area contributed by atoms with Crippen LogP contribution in [0.25, 0.3) is 11.4 Å². The second-order valence-electron chi connectivity index (χ2n) is 10.4. The lowest BCUT2D eigenvalue weighted by Gasteiger charge is -2.31. The Bertz CT molecular complexity index is 802. The Morgan fingerprint density at radius 1 is 0.875 bits per heavy atom. The van der Waals surface area contributed by atoms with E-state index >= 15 is 0 Å². The van der Waals surface area contributed by atoms with Crippen LogP contribution in [0.4, 0.5) is 5.69 Å². The molecule has 4 nitrogen and oxygen atoms in total. The highest BCUT2D eigenvalue weighted by Gasteiger charge is 2.28. The zero-order valence-corrected chi connectivity index (χ0v) is 23.2. The monoisotopic (exact) mass is 476 g/mol. The Morgan fingerprint density at radius 2 is 1.53 bits per heavy atom. The Morgan fingerprint density at radius 3 is 2.09 bits per heavy atom. The molecule has 0 atom stereocenters. The molecule has 0 unspecified atom stereocenters. The van der Waals surface area contributed by atoms with Crippen LogP contribution >= 0.6 is 21.6 Å². The number of anilines is 1. The van der Waals surface area contributed by atoms with Gasteiger partial charge in [0.2, 0.25) is 5.16 Å². The Kier molecular flexibility index (Phi) is 10.5. The number of unbranched alkanes of at least 4 members (excludes halogenated alkanes) is 3. The SMILES string of the molecule is CCCCCCn1c(SSC(C)(C)CC(C)(C)C)nnc1-c1ccc(N(CC)CC)cc1. The molecule has 0 fully saturated rings. The van der Waals surface area contributed by atoms with E-state index in [1.165, 1.54) is 31.4 Å². The lowest BCUT2D eigenvalue weighted by Crippen LogP contribution is -2.22. The number of rotatable bonds is 13. The van der Waals surface area contributed by atoms with E-state index in [1.807, 2.05) is 10.8 Å². The van der Waals surface area contributed by atoms with Crippen LogP contribution in [0.2, 0.25) is 0 Å². The second kappa shape index (κ2) is 12.4. The molecule has 1 aromatic heterocycles. The zero-order valence-electron chi connectivity index (χ0n) is 21.6. The van der Waals surface area contributed by atoms with Crippen LogP contribution < -0.4 is 4.90 Å². The fraction of sp³-hybridized carbons (Fsp3) is 0.692. The van der Waals surface area contributed by atoms with Crippen molar-refractivity contribution < 1.29 is 0 Å². The van der Waals surface area contributed by atoms with Gasteiger partial charge in [0, 0.05) is 35.6 Å². The van der Waals surface area contributed by atoms with E-state index < -0.39 is 0 Å². The van der Waals surface area contributed by atoms with Crippen molar-refractivity contribution in [3.05, 3.63) is 24.3 Å². The fourth-order valence-corrected chi connectivity index (χ4v) is 6.91. The Hall–Kier alpha value is -1.14. The molecule has 2 aromatic rings. The molecule has 0 amide bonds. The van der Waals surface area contributed by atoms with E-state index in [0.717, 1.165) is 42.6 Å². The topological polar surface area (TPSA) is 34.0 Å². The number of nitrogens with zero attached hydrogens (tertiary/aromatic N) is 4. The zero-order chi connectivity index (χ0) is 23.8. The van der Waals surface area contributed by atoms with Gasteiger partial charge in [0.05, 0.1) is 0 Å². The fourth-order valence-electron chi connectivity index (χ4n) is 4.33. The van der Waals surface area contributed by atoms with Crippen LogP contribution in [0.1, 0.15) is 87.5 Å². The van der Waals surface area contributed by atoms with Gasteiger partial charge >= 0.3 is 0 Å². The third kappa shape index (κ3) is 8.33. The van der Waals surface area contributed by atoms with E-state index in [2.05, 4.69) is 99.3 Å². The molecule has 0 bridgehead atoms. The summed E-state index contributed by atoms with van der Waals surface area (Å²) in [7, 11) is 3.71. The van der Waals surface area contributed by atoms with Gasteiger partial charge in [-0.1, -0.05) is 57.8 Å². The molecule has 6 heteroatoms. The van der Waals surface area contributed by atoms with Gasteiger partial charge in [-0.05, 0) is 81.0 Å². The van der Waals surface area contributed by atoms with Crippen molar-refractivity contribution in [1.29, 1.82) is 0 Å². The molecule has 0 spiro atoms. The largest absolute Gasteiger partial charge is 0.372 e. The van der Waals surface area contributed by atoms with Crippen molar-refractivity contribution in [3.63, 3.8) is 0 Å². The van der Waals surface area contributed by atoms with Crippen LogP contribution in [0.3, 0.4) is 0 Å². The van der Waals surface area contributed by atoms with Gasteiger partial charge in [0.15, 0.2) is 5.82 Å². The second-order valence-corrected chi connectivity index (χ2v) is 13.2. The summed E-state index contributed by atoms with van der Waals surface area (Å²) < 4.78 is 2.51. The molecule has 0 aliphatic heterocycles. The molecule has 0 aliphatic rings. The molecule has 0 radical (unpaired) electrons. The van der Waals surface area contributed by atoms with Crippen molar-refractivity contribution >= 4 is 27.3 Å². The number of benzene rings is 1. The normalized spacial score (nSPS) is 12.4. The molecule has 0 N–H and O–H groups in total. The summed E-state index contributed by atoms with van der Waals surface area (Å²) in [5.74, 6) is 0.990. The number of aromatic nitrogens is 3. The molecule has 1 heterocycles. The van der Waals surface area contributed by atoms with Gasteiger partial charge in [-0.2, -0.15) is 0 Å².